The van der Waals surface area contributed by atoms with Gasteiger partial charge in [0.2, 0.25) is 0 Å². The molecule has 114 valence electrons. The zero-order valence-corrected chi connectivity index (χ0v) is 14.0. The van der Waals surface area contributed by atoms with Crippen molar-refractivity contribution in [2.45, 2.75) is 32.7 Å². The van der Waals surface area contributed by atoms with Crippen LogP contribution in [0.15, 0.2) is 36.4 Å². The predicted octanol–water partition coefficient (Wildman–Crippen LogP) is 4.91. The van der Waals surface area contributed by atoms with Crippen LogP contribution in [0.2, 0.25) is 4.34 Å². The minimum absolute atomic E-state index is 0.674. The van der Waals surface area contributed by atoms with E-state index in [2.05, 4.69) is 42.6 Å². The molecule has 0 unspecified atom stereocenters. The number of thiophene rings is 1. The van der Waals surface area contributed by atoms with Crippen molar-refractivity contribution in [1.82, 2.24) is 5.32 Å². The van der Waals surface area contributed by atoms with Gasteiger partial charge >= 0.3 is 0 Å². The van der Waals surface area contributed by atoms with Crippen molar-refractivity contribution >= 4 is 22.9 Å². The molecule has 0 saturated heterocycles. The summed E-state index contributed by atoms with van der Waals surface area (Å²) in [6.07, 6.45) is 3.64. The number of aryl methyl sites for hydroxylation is 1. The Hall–Kier alpha value is -1.03. The van der Waals surface area contributed by atoms with Crippen LogP contribution in [0.1, 0.15) is 30.2 Å². The van der Waals surface area contributed by atoms with Crippen molar-refractivity contribution in [2.75, 3.05) is 13.2 Å². The smallest absolute Gasteiger partial charge is 0.119 e. The highest BCUT2D eigenvalue weighted by molar-refractivity contribution is 7.16. The summed E-state index contributed by atoms with van der Waals surface area (Å²) < 4.78 is 6.56. The molecule has 0 aliphatic heterocycles. The summed E-state index contributed by atoms with van der Waals surface area (Å²) in [5.41, 5.74) is 1.39. The first kappa shape index (κ1) is 16.3. The fraction of sp³-hybridized carbons (Fsp3) is 0.412. The van der Waals surface area contributed by atoms with Gasteiger partial charge in [0.15, 0.2) is 0 Å². The second-order valence-corrected chi connectivity index (χ2v) is 6.78. The number of hydrogen-bond acceptors (Lipinski definition) is 3. The average molecular weight is 324 g/mol. The van der Waals surface area contributed by atoms with Crippen LogP contribution in [0.3, 0.4) is 0 Å². The van der Waals surface area contributed by atoms with E-state index >= 15 is 0 Å². The lowest BCUT2D eigenvalue weighted by Gasteiger charge is -2.08. The van der Waals surface area contributed by atoms with Crippen molar-refractivity contribution in [3.05, 3.63) is 51.2 Å². The van der Waals surface area contributed by atoms with E-state index in [0.29, 0.717) is 6.61 Å². The van der Waals surface area contributed by atoms with Crippen LogP contribution in [0.25, 0.3) is 0 Å². The van der Waals surface area contributed by atoms with E-state index in [1.165, 1.54) is 23.3 Å². The maximum absolute atomic E-state index is 5.89. The number of benzene rings is 1. The molecule has 1 aromatic heterocycles. The number of unbranched alkanes of at least 4 members (excludes halogenated alkanes) is 1. The van der Waals surface area contributed by atoms with E-state index in [-0.39, 0.29) is 0 Å². The molecule has 0 aliphatic carbocycles. The fourth-order valence-corrected chi connectivity index (χ4v) is 3.09. The zero-order valence-electron chi connectivity index (χ0n) is 12.4. The number of nitrogens with one attached hydrogen (secondary N) is 1. The van der Waals surface area contributed by atoms with Gasteiger partial charge in [0.05, 0.1) is 4.34 Å². The Kier molecular flexibility index (Phi) is 7.07. The average Bonchev–Trinajstić information content (AvgIpc) is 2.91. The summed E-state index contributed by atoms with van der Waals surface area (Å²) in [5, 5.41) is 3.35. The van der Waals surface area contributed by atoms with Crippen molar-refractivity contribution in [2.24, 2.45) is 0 Å². The van der Waals surface area contributed by atoms with Gasteiger partial charge in [-0.2, -0.15) is 0 Å². The third-order valence-corrected chi connectivity index (χ3v) is 4.45. The lowest BCUT2D eigenvalue weighted by molar-refractivity contribution is 0.314. The van der Waals surface area contributed by atoms with E-state index in [4.69, 9.17) is 16.3 Å². The van der Waals surface area contributed by atoms with Crippen molar-refractivity contribution in [3.8, 4) is 5.75 Å². The van der Waals surface area contributed by atoms with Gasteiger partial charge in [-0.3, -0.25) is 0 Å². The molecule has 0 saturated carbocycles. The summed E-state index contributed by atoms with van der Waals surface area (Å²) in [6, 6.07) is 12.4. The van der Waals surface area contributed by atoms with Crippen LogP contribution in [-0.2, 0) is 13.0 Å². The summed E-state index contributed by atoms with van der Waals surface area (Å²) in [4.78, 5) is 1.25. The van der Waals surface area contributed by atoms with Crippen LogP contribution < -0.4 is 10.1 Å². The molecule has 0 aliphatic rings. The molecule has 0 radical (unpaired) electrons. The Labute approximate surface area is 136 Å². The number of rotatable bonds is 9. The minimum Gasteiger partial charge on any atom is -0.492 e. The Balaban J connectivity index is 1.62. The quantitative estimate of drug-likeness (QED) is 0.662. The zero-order chi connectivity index (χ0) is 14.9. The molecule has 4 heteroatoms. The lowest BCUT2D eigenvalue weighted by atomic mass is 10.1. The lowest BCUT2D eigenvalue weighted by Crippen LogP contribution is -2.20. The van der Waals surface area contributed by atoms with Gasteiger partial charge in [-0.1, -0.05) is 37.1 Å². The second-order valence-electron chi connectivity index (χ2n) is 4.98. The molecular weight excluding hydrogens is 302 g/mol. The van der Waals surface area contributed by atoms with E-state index in [1.807, 2.05) is 6.07 Å². The van der Waals surface area contributed by atoms with E-state index in [9.17, 15) is 0 Å². The van der Waals surface area contributed by atoms with Crippen molar-refractivity contribution in [3.63, 3.8) is 0 Å². The summed E-state index contributed by atoms with van der Waals surface area (Å²) in [6.45, 7) is 4.56. The summed E-state index contributed by atoms with van der Waals surface area (Å²) in [7, 11) is 0. The molecule has 0 bridgehead atoms. The van der Waals surface area contributed by atoms with Crippen LogP contribution in [0.4, 0.5) is 0 Å². The molecule has 1 heterocycles. The first-order valence-corrected chi connectivity index (χ1v) is 8.64. The SMILES string of the molecule is CCCCc1ccc(OCCNCc2ccc(Cl)s2)cc1. The van der Waals surface area contributed by atoms with Gasteiger partial charge in [0.1, 0.15) is 12.4 Å². The van der Waals surface area contributed by atoms with E-state index < -0.39 is 0 Å². The Bertz CT molecular complexity index is 524. The van der Waals surface area contributed by atoms with Gasteiger partial charge in [-0.05, 0) is 42.7 Å². The molecule has 2 rings (SSSR count). The minimum atomic E-state index is 0.674. The Morgan fingerprint density at radius 3 is 2.62 bits per heavy atom. The number of ether oxygens (including phenoxy) is 1. The Morgan fingerprint density at radius 2 is 1.95 bits per heavy atom. The summed E-state index contributed by atoms with van der Waals surface area (Å²) in [5.74, 6) is 0.941. The highest BCUT2D eigenvalue weighted by Gasteiger charge is 1.98. The molecule has 1 N–H and O–H groups in total. The molecule has 2 nitrogen and oxygen atoms in total. The van der Waals surface area contributed by atoms with Crippen LogP contribution >= 0.6 is 22.9 Å². The maximum atomic E-state index is 5.89. The maximum Gasteiger partial charge on any atom is 0.119 e. The highest BCUT2D eigenvalue weighted by Crippen LogP contribution is 2.20. The molecule has 0 amide bonds. The van der Waals surface area contributed by atoms with Crippen molar-refractivity contribution < 1.29 is 4.74 Å². The number of halogens is 1. The highest BCUT2D eigenvalue weighted by atomic mass is 35.5. The fourth-order valence-electron chi connectivity index (χ4n) is 2.03. The molecule has 21 heavy (non-hydrogen) atoms. The van der Waals surface area contributed by atoms with Crippen LogP contribution in [-0.4, -0.2) is 13.2 Å². The standard InChI is InChI=1S/C17H22ClNOS/c1-2-3-4-14-5-7-15(8-6-14)20-12-11-19-13-16-9-10-17(18)21-16/h5-10,19H,2-4,11-13H2,1H3. The van der Waals surface area contributed by atoms with Crippen LogP contribution in [0, 0.1) is 0 Å². The summed E-state index contributed by atoms with van der Waals surface area (Å²) >= 11 is 7.50. The van der Waals surface area contributed by atoms with E-state index in [0.717, 1.165) is 29.6 Å². The third kappa shape index (κ3) is 6.08. The normalized spacial score (nSPS) is 10.8. The topological polar surface area (TPSA) is 21.3 Å². The first-order valence-electron chi connectivity index (χ1n) is 7.44. The molecule has 0 spiro atoms. The van der Waals surface area contributed by atoms with Gasteiger partial charge in [-0.25, -0.2) is 0 Å². The molecular formula is C17H22ClNOS. The first-order chi connectivity index (χ1) is 10.3. The molecule has 0 fully saturated rings. The van der Waals surface area contributed by atoms with Gasteiger partial charge in [0.25, 0.3) is 0 Å². The predicted molar refractivity (Wildman–Crippen MR) is 91.6 cm³/mol. The van der Waals surface area contributed by atoms with E-state index in [1.54, 1.807) is 11.3 Å². The van der Waals surface area contributed by atoms with Gasteiger partial charge in [0, 0.05) is 18.0 Å². The van der Waals surface area contributed by atoms with Crippen LogP contribution in [0.5, 0.6) is 5.75 Å². The second kappa shape index (κ2) is 9.08. The molecule has 0 atom stereocenters. The van der Waals surface area contributed by atoms with Gasteiger partial charge in [-0.15, -0.1) is 11.3 Å². The van der Waals surface area contributed by atoms with Crippen molar-refractivity contribution in [1.29, 1.82) is 0 Å². The molecule has 2 aromatic rings. The van der Waals surface area contributed by atoms with Gasteiger partial charge < -0.3 is 10.1 Å². The molecule has 1 aromatic carbocycles. The monoisotopic (exact) mass is 323 g/mol. The third-order valence-electron chi connectivity index (χ3n) is 3.22. The Morgan fingerprint density at radius 1 is 1.14 bits per heavy atom. The number of hydrogen-bond donors (Lipinski definition) is 1. The largest absolute Gasteiger partial charge is 0.492 e.